The van der Waals surface area contributed by atoms with E-state index in [1.54, 1.807) is 0 Å². The molecule has 1 aliphatic rings. The van der Waals surface area contributed by atoms with Crippen molar-refractivity contribution < 1.29 is 5.11 Å². The molecule has 0 saturated heterocycles. The van der Waals surface area contributed by atoms with Crippen LogP contribution < -0.4 is 5.32 Å². The van der Waals surface area contributed by atoms with Crippen molar-refractivity contribution in [3.8, 4) is 0 Å². The van der Waals surface area contributed by atoms with Crippen molar-refractivity contribution in [1.29, 1.82) is 0 Å². The van der Waals surface area contributed by atoms with Gasteiger partial charge < -0.3 is 10.4 Å². The van der Waals surface area contributed by atoms with Crippen molar-refractivity contribution in [3.05, 3.63) is 0 Å². The van der Waals surface area contributed by atoms with Crippen LogP contribution in [0.25, 0.3) is 0 Å². The molecular weight excluding hydrogens is 198 g/mol. The normalized spacial score (nSPS) is 19.7. The monoisotopic (exact) mass is 227 g/mol. The molecule has 0 aromatic carbocycles. The van der Waals surface area contributed by atoms with Crippen molar-refractivity contribution in [2.45, 2.75) is 71.3 Å². The summed E-state index contributed by atoms with van der Waals surface area (Å²) in [6.07, 6.45) is 10.4. The SMILES string of the molecule is CC(C)(CCCO)CNC1CCCCCC1. The average molecular weight is 227 g/mol. The summed E-state index contributed by atoms with van der Waals surface area (Å²) in [6, 6.07) is 0.746. The molecule has 2 N–H and O–H groups in total. The van der Waals surface area contributed by atoms with Gasteiger partial charge in [0.15, 0.2) is 0 Å². The summed E-state index contributed by atoms with van der Waals surface area (Å²) in [5.41, 5.74) is 0.328. The fourth-order valence-corrected chi connectivity index (χ4v) is 2.55. The van der Waals surface area contributed by atoms with Gasteiger partial charge in [-0.1, -0.05) is 39.5 Å². The van der Waals surface area contributed by atoms with Crippen LogP contribution in [0.3, 0.4) is 0 Å². The van der Waals surface area contributed by atoms with E-state index in [0.717, 1.165) is 25.4 Å². The zero-order valence-electron chi connectivity index (χ0n) is 11.1. The summed E-state index contributed by atoms with van der Waals surface area (Å²) in [5.74, 6) is 0. The maximum Gasteiger partial charge on any atom is 0.0431 e. The van der Waals surface area contributed by atoms with E-state index in [-0.39, 0.29) is 0 Å². The Balaban J connectivity index is 2.20. The molecule has 0 heterocycles. The number of nitrogens with one attached hydrogen (secondary N) is 1. The summed E-state index contributed by atoms with van der Waals surface area (Å²) in [7, 11) is 0. The van der Waals surface area contributed by atoms with E-state index >= 15 is 0 Å². The van der Waals surface area contributed by atoms with Gasteiger partial charge in [-0.15, -0.1) is 0 Å². The minimum Gasteiger partial charge on any atom is -0.396 e. The molecular formula is C14H29NO. The molecule has 16 heavy (non-hydrogen) atoms. The van der Waals surface area contributed by atoms with Crippen LogP contribution >= 0.6 is 0 Å². The van der Waals surface area contributed by atoms with Gasteiger partial charge in [0.1, 0.15) is 0 Å². The third kappa shape index (κ3) is 5.86. The maximum absolute atomic E-state index is 8.86. The van der Waals surface area contributed by atoms with Gasteiger partial charge in [0.05, 0.1) is 0 Å². The fourth-order valence-electron chi connectivity index (χ4n) is 2.55. The highest BCUT2D eigenvalue weighted by Gasteiger charge is 2.19. The van der Waals surface area contributed by atoms with E-state index in [9.17, 15) is 0 Å². The zero-order chi connectivity index (χ0) is 11.9. The van der Waals surface area contributed by atoms with E-state index in [1.165, 1.54) is 38.5 Å². The predicted molar refractivity (Wildman–Crippen MR) is 69.6 cm³/mol. The molecule has 1 fully saturated rings. The second-order valence-electron chi connectivity index (χ2n) is 6.06. The Morgan fingerprint density at radius 2 is 1.75 bits per heavy atom. The molecule has 2 heteroatoms. The van der Waals surface area contributed by atoms with Crippen molar-refractivity contribution in [1.82, 2.24) is 5.32 Å². The largest absolute Gasteiger partial charge is 0.396 e. The second-order valence-corrected chi connectivity index (χ2v) is 6.06. The maximum atomic E-state index is 8.86. The van der Waals surface area contributed by atoms with Gasteiger partial charge in [-0.3, -0.25) is 0 Å². The van der Waals surface area contributed by atoms with Gasteiger partial charge in [-0.05, 0) is 31.1 Å². The Labute approximate surface area is 101 Å². The smallest absolute Gasteiger partial charge is 0.0431 e. The Kier molecular flexibility index (Phi) is 6.37. The zero-order valence-corrected chi connectivity index (χ0v) is 11.1. The number of aliphatic hydroxyl groups excluding tert-OH is 1. The summed E-state index contributed by atoms with van der Waals surface area (Å²) in [5, 5.41) is 12.6. The lowest BCUT2D eigenvalue weighted by atomic mass is 9.87. The second kappa shape index (κ2) is 7.29. The molecule has 0 aromatic heterocycles. The lowest BCUT2D eigenvalue weighted by Gasteiger charge is -2.28. The Hall–Kier alpha value is -0.0800. The molecule has 1 saturated carbocycles. The van der Waals surface area contributed by atoms with E-state index in [4.69, 9.17) is 5.11 Å². The van der Waals surface area contributed by atoms with E-state index in [1.807, 2.05) is 0 Å². The van der Waals surface area contributed by atoms with Crippen molar-refractivity contribution in [2.24, 2.45) is 5.41 Å². The first-order valence-electron chi connectivity index (χ1n) is 6.98. The first-order chi connectivity index (χ1) is 7.64. The quantitative estimate of drug-likeness (QED) is 0.683. The minimum absolute atomic E-state index is 0.326. The Morgan fingerprint density at radius 3 is 2.31 bits per heavy atom. The van der Waals surface area contributed by atoms with Gasteiger partial charge >= 0.3 is 0 Å². The van der Waals surface area contributed by atoms with Gasteiger partial charge in [0, 0.05) is 19.2 Å². The molecule has 0 aromatic rings. The van der Waals surface area contributed by atoms with Gasteiger partial charge in [0.25, 0.3) is 0 Å². The highest BCUT2D eigenvalue weighted by atomic mass is 16.2. The standard InChI is InChI=1S/C14H29NO/c1-14(2,10-7-11-16)12-15-13-8-5-3-4-6-9-13/h13,15-16H,3-12H2,1-2H3. The van der Waals surface area contributed by atoms with E-state index in [2.05, 4.69) is 19.2 Å². The van der Waals surface area contributed by atoms with Crippen LogP contribution in [0.15, 0.2) is 0 Å². The van der Waals surface area contributed by atoms with Crippen LogP contribution in [-0.2, 0) is 0 Å². The van der Waals surface area contributed by atoms with Gasteiger partial charge in [-0.25, -0.2) is 0 Å². The summed E-state index contributed by atoms with van der Waals surface area (Å²) < 4.78 is 0. The molecule has 96 valence electrons. The van der Waals surface area contributed by atoms with Crippen LogP contribution in [0, 0.1) is 5.41 Å². The van der Waals surface area contributed by atoms with Gasteiger partial charge in [-0.2, -0.15) is 0 Å². The van der Waals surface area contributed by atoms with E-state index < -0.39 is 0 Å². The number of hydrogen-bond donors (Lipinski definition) is 2. The molecule has 0 amide bonds. The molecule has 0 radical (unpaired) electrons. The van der Waals surface area contributed by atoms with Crippen LogP contribution in [0.4, 0.5) is 0 Å². The highest BCUT2D eigenvalue weighted by molar-refractivity contribution is 4.77. The molecule has 0 unspecified atom stereocenters. The molecule has 2 nitrogen and oxygen atoms in total. The average Bonchev–Trinajstić information content (AvgIpc) is 2.52. The predicted octanol–water partition coefficient (Wildman–Crippen LogP) is 3.10. The molecule has 0 atom stereocenters. The van der Waals surface area contributed by atoms with Crippen LogP contribution in [0.2, 0.25) is 0 Å². The van der Waals surface area contributed by atoms with Crippen LogP contribution in [0.5, 0.6) is 0 Å². The third-order valence-electron chi connectivity index (χ3n) is 3.74. The summed E-state index contributed by atoms with van der Waals surface area (Å²) in [4.78, 5) is 0. The highest BCUT2D eigenvalue weighted by Crippen LogP contribution is 2.23. The van der Waals surface area contributed by atoms with E-state index in [0.29, 0.717) is 12.0 Å². The molecule has 0 spiro atoms. The van der Waals surface area contributed by atoms with Crippen LogP contribution in [-0.4, -0.2) is 24.3 Å². The number of aliphatic hydroxyl groups is 1. The summed E-state index contributed by atoms with van der Waals surface area (Å²) >= 11 is 0. The van der Waals surface area contributed by atoms with Gasteiger partial charge in [0.2, 0.25) is 0 Å². The number of hydrogen-bond acceptors (Lipinski definition) is 2. The molecule has 1 aliphatic carbocycles. The molecule has 1 rings (SSSR count). The van der Waals surface area contributed by atoms with Crippen molar-refractivity contribution >= 4 is 0 Å². The summed E-state index contributed by atoms with van der Waals surface area (Å²) in [6.45, 7) is 6.02. The Morgan fingerprint density at radius 1 is 1.12 bits per heavy atom. The molecule has 0 bridgehead atoms. The van der Waals surface area contributed by atoms with Crippen molar-refractivity contribution in [2.75, 3.05) is 13.2 Å². The van der Waals surface area contributed by atoms with Crippen LogP contribution in [0.1, 0.15) is 65.2 Å². The topological polar surface area (TPSA) is 32.3 Å². The fraction of sp³-hybridized carbons (Fsp3) is 1.00. The first kappa shape index (κ1) is 14.0. The minimum atomic E-state index is 0.326. The Bertz CT molecular complexity index is 172. The van der Waals surface area contributed by atoms with Crippen molar-refractivity contribution in [3.63, 3.8) is 0 Å². The number of rotatable bonds is 6. The third-order valence-corrected chi connectivity index (χ3v) is 3.74. The lowest BCUT2D eigenvalue weighted by molar-refractivity contribution is 0.229. The first-order valence-corrected chi connectivity index (χ1v) is 6.98. The lowest BCUT2D eigenvalue weighted by Crippen LogP contribution is -2.36. The molecule has 0 aliphatic heterocycles.